The van der Waals surface area contributed by atoms with E-state index in [1.807, 2.05) is 42.5 Å². The van der Waals surface area contributed by atoms with Crippen LogP contribution in [0.5, 0.6) is 0 Å². The molecule has 1 aromatic heterocycles. The molecule has 0 fully saturated rings. The molecular formula is C15H12INO2. The highest BCUT2D eigenvalue weighted by Crippen LogP contribution is 2.42. The molecule has 1 aromatic carbocycles. The summed E-state index contributed by atoms with van der Waals surface area (Å²) in [6.45, 7) is 0. The first-order chi connectivity index (χ1) is 9.31. The van der Waals surface area contributed by atoms with E-state index in [0.717, 1.165) is 26.2 Å². The minimum Gasteiger partial charge on any atom is -0.459 e. The van der Waals surface area contributed by atoms with Gasteiger partial charge in [0, 0.05) is 24.4 Å². The van der Waals surface area contributed by atoms with Crippen LogP contribution in [0.4, 0.5) is 0 Å². The molecule has 0 radical (unpaired) electrons. The number of rotatable bonds is 2. The van der Waals surface area contributed by atoms with Crippen LogP contribution >= 0.6 is 22.6 Å². The van der Waals surface area contributed by atoms with Gasteiger partial charge in [-0.05, 0) is 34.7 Å². The smallest absolute Gasteiger partial charge is 0.228 e. The van der Waals surface area contributed by atoms with Crippen molar-refractivity contribution in [3.8, 4) is 0 Å². The molecule has 0 amide bonds. The second-order valence-electron chi connectivity index (χ2n) is 4.14. The first-order valence-electron chi connectivity index (χ1n) is 5.91. The van der Waals surface area contributed by atoms with Gasteiger partial charge in [0.1, 0.15) is 5.76 Å². The molecule has 1 unspecified atom stereocenters. The van der Waals surface area contributed by atoms with Gasteiger partial charge >= 0.3 is 0 Å². The molecule has 1 aliphatic rings. The molecule has 3 rings (SSSR count). The van der Waals surface area contributed by atoms with E-state index in [1.165, 1.54) is 0 Å². The van der Waals surface area contributed by atoms with Gasteiger partial charge in [-0.3, -0.25) is 4.98 Å². The van der Waals surface area contributed by atoms with Crippen molar-refractivity contribution in [2.24, 2.45) is 0 Å². The number of aromatic nitrogens is 1. The predicted octanol–water partition coefficient (Wildman–Crippen LogP) is 4.02. The van der Waals surface area contributed by atoms with Crippen molar-refractivity contribution in [3.63, 3.8) is 0 Å². The first kappa shape index (κ1) is 12.6. The number of halogens is 1. The maximum absolute atomic E-state index is 5.97. The van der Waals surface area contributed by atoms with Gasteiger partial charge in [-0.25, -0.2) is 0 Å². The molecule has 0 N–H and O–H groups in total. The summed E-state index contributed by atoms with van der Waals surface area (Å²) in [4.78, 5) is 4.45. The molecule has 1 aliphatic heterocycles. The SMILES string of the molecule is COC1OC(c2ccccc2)=C(I)c2ncccc21. The zero-order chi connectivity index (χ0) is 13.2. The average molecular weight is 365 g/mol. The summed E-state index contributed by atoms with van der Waals surface area (Å²) >= 11 is 2.28. The van der Waals surface area contributed by atoms with Gasteiger partial charge in [-0.2, -0.15) is 0 Å². The van der Waals surface area contributed by atoms with Crippen LogP contribution in [0.25, 0.3) is 9.34 Å². The number of benzene rings is 1. The van der Waals surface area contributed by atoms with Crippen LogP contribution in [0.15, 0.2) is 48.7 Å². The van der Waals surface area contributed by atoms with Gasteiger partial charge in [0.25, 0.3) is 0 Å². The molecule has 0 saturated carbocycles. The van der Waals surface area contributed by atoms with Gasteiger partial charge in [-0.1, -0.05) is 30.3 Å². The van der Waals surface area contributed by atoms with E-state index in [9.17, 15) is 0 Å². The summed E-state index contributed by atoms with van der Waals surface area (Å²) in [5.41, 5.74) is 2.93. The molecule has 3 nitrogen and oxygen atoms in total. The first-order valence-corrected chi connectivity index (χ1v) is 6.99. The van der Waals surface area contributed by atoms with E-state index in [2.05, 4.69) is 27.6 Å². The molecule has 0 bridgehead atoms. The Morgan fingerprint density at radius 2 is 1.95 bits per heavy atom. The Balaban J connectivity index is 2.16. The lowest BCUT2D eigenvalue weighted by atomic mass is 10.1. The third-order valence-electron chi connectivity index (χ3n) is 2.98. The summed E-state index contributed by atoms with van der Waals surface area (Å²) in [6, 6.07) is 13.9. The van der Waals surface area contributed by atoms with Gasteiger partial charge < -0.3 is 9.47 Å². The van der Waals surface area contributed by atoms with Gasteiger partial charge in [0.15, 0.2) is 0 Å². The molecule has 0 aliphatic carbocycles. The lowest BCUT2D eigenvalue weighted by Crippen LogP contribution is -2.14. The predicted molar refractivity (Wildman–Crippen MR) is 82.3 cm³/mol. The summed E-state index contributed by atoms with van der Waals surface area (Å²) in [6.07, 6.45) is 1.38. The van der Waals surface area contributed by atoms with E-state index in [4.69, 9.17) is 9.47 Å². The van der Waals surface area contributed by atoms with E-state index < -0.39 is 6.29 Å². The Morgan fingerprint density at radius 3 is 2.68 bits per heavy atom. The van der Waals surface area contributed by atoms with E-state index >= 15 is 0 Å². The lowest BCUT2D eigenvalue weighted by molar-refractivity contribution is -0.0769. The van der Waals surface area contributed by atoms with Crippen LogP contribution in [0, 0.1) is 0 Å². The molecule has 1 atom stereocenters. The van der Waals surface area contributed by atoms with Crippen molar-refractivity contribution >= 4 is 31.9 Å². The summed E-state index contributed by atoms with van der Waals surface area (Å²) in [7, 11) is 1.64. The topological polar surface area (TPSA) is 31.4 Å². The zero-order valence-corrected chi connectivity index (χ0v) is 12.5. The number of nitrogens with zero attached hydrogens (tertiary/aromatic N) is 1. The minimum absolute atomic E-state index is 0.405. The van der Waals surface area contributed by atoms with Crippen molar-refractivity contribution in [1.82, 2.24) is 4.98 Å². The molecule has 4 heteroatoms. The second kappa shape index (κ2) is 5.30. The average Bonchev–Trinajstić information content (AvgIpc) is 2.49. The summed E-state index contributed by atoms with van der Waals surface area (Å²) in [5.74, 6) is 0.819. The third kappa shape index (κ3) is 2.26. The largest absolute Gasteiger partial charge is 0.459 e. The maximum atomic E-state index is 5.97. The molecule has 2 aromatic rings. The van der Waals surface area contributed by atoms with Crippen LogP contribution in [0.1, 0.15) is 23.1 Å². The monoisotopic (exact) mass is 365 g/mol. The maximum Gasteiger partial charge on any atom is 0.228 e. The Labute approximate surface area is 125 Å². The van der Waals surface area contributed by atoms with Crippen LogP contribution in [0.3, 0.4) is 0 Å². The molecular weight excluding hydrogens is 353 g/mol. The second-order valence-corrected chi connectivity index (χ2v) is 5.21. The highest BCUT2D eigenvalue weighted by molar-refractivity contribution is 14.1. The molecule has 0 spiro atoms. The van der Waals surface area contributed by atoms with Crippen molar-refractivity contribution in [2.75, 3.05) is 7.11 Å². The summed E-state index contributed by atoms with van der Waals surface area (Å²) < 4.78 is 12.4. The lowest BCUT2D eigenvalue weighted by Gasteiger charge is -2.27. The van der Waals surface area contributed by atoms with Crippen molar-refractivity contribution in [1.29, 1.82) is 0 Å². The number of methoxy groups -OCH3 is 1. The van der Waals surface area contributed by atoms with Crippen molar-refractivity contribution in [3.05, 3.63) is 65.5 Å². The fourth-order valence-electron chi connectivity index (χ4n) is 2.08. The number of fused-ring (bicyclic) bond motifs is 1. The van der Waals surface area contributed by atoms with E-state index in [1.54, 1.807) is 13.3 Å². The Bertz CT molecular complexity index is 625. The minimum atomic E-state index is -0.405. The number of ether oxygens (including phenoxy) is 2. The third-order valence-corrected chi connectivity index (χ3v) is 3.98. The summed E-state index contributed by atoms with van der Waals surface area (Å²) in [5, 5.41) is 0. The van der Waals surface area contributed by atoms with Crippen molar-refractivity contribution in [2.45, 2.75) is 6.29 Å². The van der Waals surface area contributed by atoms with Crippen LogP contribution in [-0.4, -0.2) is 12.1 Å². The fraction of sp³-hybridized carbons (Fsp3) is 0.133. The van der Waals surface area contributed by atoms with Crippen LogP contribution in [0.2, 0.25) is 0 Å². The Hall–Kier alpha value is -1.40. The molecule has 19 heavy (non-hydrogen) atoms. The van der Waals surface area contributed by atoms with E-state index in [0.29, 0.717) is 0 Å². The Kier molecular flexibility index (Phi) is 3.52. The fourth-order valence-corrected chi connectivity index (χ4v) is 2.97. The van der Waals surface area contributed by atoms with Crippen LogP contribution < -0.4 is 0 Å². The van der Waals surface area contributed by atoms with Crippen molar-refractivity contribution < 1.29 is 9.47 Å². The standard InChI is InChI=1S/C15H12INO2/c1-18-15-11-8-5-9-17-13(11)12(16)14(19-15)10-6-3-2-4-7-10/h2-9,15H,1H3. The van der Waals surface area contributed by atoms with Gasteiger partial charge in [0.05, 0.1) is 9.27 Å². The molecule has 96 valence electrons. The normalized spacial score (nSPS) is 17.9. The highest BCUT2D eigenvalue weighted by Gasteiger charge is 2.28. The quantitative estimate of drug-likeness (QED) is 0.754. The highest BCUT2D eigenvalue weighted by atomic mass is 127. The van der Waals surface area contributed by atoms with Gasteiger partial charge in [-0.15, -0.1) is 0 Å². The van der Waals surface area contributed by atoms with Crippen LogP contribution in [-0.2, 0) is 9.47 Å². The number of hydrogen-bond donors (Lipinski definition) is 0. The van der Waals surface area contributed by atoms with E-state index in [-0.39, 0.29) is 0 Å². The van der Waals surface area contributed by atoms with Gasteiger partial charge in [0.2, 0.25) is 6.29 Å². The Morgan fingerprint density at radius 1 is 1.16 bits per heavy atom. The molecule has 0 saturated heterocycles. The number of pyridine rings is 1. The molecule has 2 heterocycles. The zero-order valence-electron chi connectivity index (χ0n) is 10.3. The number of hydrogen-bond acceptors (Lipinski definition) is 3.